The predicted octanol–water partition coefficient (Wildman–Crippen LogP) is 3.36. The molecule has 0 bridgehead atoms. The molecule has 0 aliphatic carbocycles. The number of hydrogen-bond acceptors (Lipinski definition) is 6. The average molecular weight is 428 g/mol. The number of aryl methyl sites for hydroxylation is 2. The molecule has 1 N–H and O–H groups in total. The van der Waals surface area contributed by atoms with Gasteiger partial charge in [0, 0.05) is 16.8 Å². The van der Waals surface area contributed by atoms with Crippen LogP contribution in [-0.2, 0) is 16.6 Å². The fourth-order valence-electron chi connectivity index (χ4n) is 3.24. The van der Waals surface area contributed by atoms with Crippen LogP contribution < -0.4 is 4.72 Å². The van der Waals surface area contributed by atoms with Crippen LogP contribution in [0.5, 0.6) is 0 Å². The first-order chi connectivity index (χ1) is 13.7. The molecule has 0 radical (unpaired) electrons. The summed E-state index contributed by atoms with van der Waals surface area (Å²) in [6.45, 7) is 3.79. The molecule has 9 heteroatoms. The third-order valence-electron chi connectivity index (χ3n) is 4.42. The largest absolute Gasteiger partial charge is 0.280 e. The monoisotopic (exact) mass is 427 g/mol. The molecule has 0 atom stereocenters. The lowest BCUT2D eigenvalue weighted by molar-refractivity contribution is 0.0642. The number of anilines is 1. The van der Waals surface area contributed by atoms with E-state index in [4.69, 9.17) is 0 Å². The first-order valence-corrected chi connectivity index (χ1v) is 11.1. The van der Waals surface area contributed by atoms with Crippen molar-refractivity contribution < 1.29 is 18.0 Å². The highest BCUT2D eigenvalue weighted by molar-refractivity contribution is 7.94. The van der Waals surface area contributed by atoms with Gasteiger partial charge in [0.2, 0.25) is 0 Å². The van der Waals surface area contributed by atoms with Crippen LogP contribution >= 0.6 is 11.3 Å². The summed E-state index contributed by atoms with van der Waals surface area (Å²) in [4.78, 5) is 30.5. The molecular formula is C20H17N3O4S2. The molecule has 3 aromatic rings. The Morgan fingerprint density at radius 3 is 2.45 bits per heavy atom. The van der Waals surface area contributed by atoms with E-state index in [0.29, 0.717) is 10.6 Å². The topological polar surface area (TPSA) is 96.4 Å². The summed E-state index contributed by atoms with van der Waals surface area (Å²) in [7, 11) is -3.77. The zero-order valence-corrected chi connectivity index (χ0v) is 17.3. The predicted molar refractivity (Wildman–Crippen MR) is 109 cm³/mol. The minimum absolute atomic E-state index is 0.00222. The summed E-state index contributed by atoms with van der Waals surface area (Å²) < 4.78 is 28.1. The van der Waals surface area contributed by atoms with Crippen molar-refractivity contribution in [2.45, 2.75) is 24.6 Å². The minimum Gasteiger partial charge on any atom is -0.279 e. The van der Waals surface area contributed by atoms with Gasteiger partial charge in [-0.15, -0.1) is 11.3 Å². The van der Waals surface area contributed by atoms with Crippen LogP contribution in [-0.4, -0.2) is 30.1 Å². The number of aromatic nitrogens is 1. The van der Waals surface area contributed by atoms with E-state index >= 15 is 0 Å². The number of rotatable bonds is 5. The lowest BCUT2D eigenvalue weighted by Crippen LogP contribution is -2.28. The smallest absolute Gasteiger partial charge is 0.279 e. The molecule has 3 heterocycles. The van der Waals surface area contributed by atoms with Crippen LogP contribution in [0.1, 0.15) is 36.9 Å². The molecule has 0 saturated heterocycles. The van der Waals surface area contributed by atoms with Crippen molar-refractivity contribution in [2.75, 3.05) is 4.72 Å². The lowest BCUT2D eigenvalue weighted by atomic mass is 10.1. The van der Waals surface area contributed by atoms with Gasteiger partial charge in [-0.2, -0.15) is 0 Å². The van der Waals surface area contributed by atoms with Gasteiger partial charge >= 0.3 is 0 Å². The second-order valence-corrected chi connectivity index (χ2v) is 9.88. The number of imide groups is 1. The van der Waals surface area contributed by atoms with E-state index in [1.807, 2.05) is 19.9 Å². The third kappa shape index (κ3) is 3.66. The van der Waals surface area contributed by atoms with Crippen LogP contribution in [0.3, 0.4) is 0 Å². The molecule has 2 aromatic heterocycles. The van der Waals surface area contributed by atoms with Gasteiger partial charge in [-0.1, -0.05) is 6.07 Å². The quantitative estimate of drug-likeness (QED) is 0.630. The van der Waals surface area contributed by atoms with Gasteiger partial charge < -0.3 is 0 Å². The Morgan fingerprint density at radius 1 is 1.03 bits per heavy atom. The molecule has 0 spiro atoms. The van der Waals surface area contributed by atoms with E-state index in [0.717, 1.165) is 27.4 Å². The Balaban J connectivity index is 1.54. The average Bonchev–Trinajstić information content (AvgIpc) is 3.21. The van der Waals surface area contributed by atoms with Crippen LogP contribution in [0.2, 0.25) is 0 Å². The van der Waals surface area contributed by atoms with Crippen molar-refractivity contribution in [3.8, 4) is 0 Å². The Labute approximate surface area is 172 Å². The molecule has 29 heavy (non-hydrogen) atoms. The Morgan fingerprint density at radius 2 is 1.76 bits per heavy atom. The molecule has 0 saturated carbocycles. The number of nitrogens with zero attached hydrogens (tertiary/aromatic N) is 2. The summed E-state index contributed by atoms with van der Waals surface area (Å²) in [5.41, 5.74) is 2.78. The maximum Gasteiger partial charge on any atom is 0.280 e. The Hall–Kier alpha value is -3.04. The summed E-state index contributed by atoms with van der Waals surface area (Å²) in [5, 5.41) is 0. The highest BCUT2D eigenvalue weighted by atomic mass is 32.2. The van der Waals surface area contributed by atoms with Gasteiger partial charge in [0.25, 0.3) is 21.8 Å². The van der Waals surface area contributed by atoms with Crippen LogP contribution in [0.15, 0.2) is 52.9 Å². The Bertz CT molecular complexity index is 1190. The molecule has 0 fully saturated rings. The number of thiophene rings is 1. The number of nitrogens with one attached hydrogen (secondary N) is 1. The van der Waals surface area contributed by atoms with E-state index < -0.39 is 21.8 Å². The molecular weight excluding hydrogens is 410 g/mol. The van der Waals surface area contributed by atoms with Crippen LogP contribution in [0, 0.1) is 13.8 Å². The van der Waals surface area contributed by atoms with Gasteiger partial charge in [-0.25, -0.2) is 8.42 Å². The zero-order chi connectivity index (χ0) is 20.8. The number of benzene rings is 1. The van der Waals surface area contributed by atoms with Crippen molar-refractivity contribution in [3.05, 3.63) is 75.9 Å². The Kier molecular flexibility index (Phi) is 4.71. The van der Waals surface area contributed by atoms with Gasteiger partial charge in [0.05, 0.1) is 12.1 Å². The maximum atomic E-state index is 12.7. The van der Waals surface area contributed by atoms with E-state index in [9.17, 15) is 18.0 Å². The number of amides is 2. The SMILES string of the molecule is Cc1cc(C)cc(NS(=O)(=O)c2ccc(CN3C(=O)c4cccnc4C3=O)s2)c1. The van der Waals surface area contributed by atoms with E-state index in [1.54, 1.807) is 30.3 Å². The van der Waals surface area contributed by atoms with Gasteiger partial charge in [0.1, 0.15) is 9.90 Å². The van der Waals surface area contributed by atoms with Crippen molar-refractivity contribution >= 4 is 38.9 Å². The standard InChI is InChI=1S/C20H17N3O4S2/c1-12-8-13(2)10-14(9-12)22-29(26,27)17-6-5-15(28-17)11-23-19(24)16-4-3-7-21-18(16)20(23)25/h3-10,22H,11H2,1-2H3. The number of fused-ring (bicyclic) bond motifs is 1. The lowest BCUT2D eigenvalue weighted by Gasteiger charge is -2.11. The fraction of sp³-hybridized carbons (Fsp3) is 0.150. The van der Waals surface area contributed by atoms with Crippen molar-refractivity contribution in [2.24, 2.45) is 0 Å². The summed E-state index contributed by atoms with van der Waals surface area (Å²) >= 11 is 1.02. The number of pyridine rings is 1. The molecule has 0 unspecified atom stereocenters. The zero-order valence-electron chi connectivity index (χ0n) is 15.7. The molecule has 1 aromatic carbocycles. The van der Waals surface area contributed by atoms with E-state index in [2.05, 4.69) is 9.71 Å². The van der Waals surface area contributed by atoms with Crippen molar-refractivity contribution in [1.29, 1.82) is 0 Å². The fourth-order valence-corrected chi connectivity index (χ4v) is 5.63. The normalized spacial score (nSPS) is 13.7. The number of hydrogen-bond donors (Lipinski definition) is 1. The summed E-state index contributed by atoms with van der Waals surface area (Å²) in [5.74, 6) is -0.902. The summed E-state index contributed by atoms with van der Waals surface area (Å²) in [6.07, 6.45) is 1.46. The first-order valence-electron chi connectivity index (χ1n) is 8.75. The second-order valence-electron chi connectivity index (χ2n) is 6.80. The molecule has 1 aliphatic rings. The number of sulfonamides is 1. The molecule has 148 valence electrons. The molecule has 7 nitrogen and oxygen atoms in total. The highest BCUT2D eigenvalue weighted by Crippen LogP contribution is 2.28. The van der Waals surface area contributed by atoms with Crippen LogP contribution in [0.25, 0.3) is 0 Å². The number of carbonyl (C=O) groups is 2. The van der Waals surface area contributed by atoms with E-state index in [1.165, 1.54) is 12.3 Å². The molecule has 1 aliphatic heterocycles. The van der Waals surface area contributed by atoms with Crippen molar-refractivity contribution in [1.82, 2.24) is 9.88 Å². The minimum atomic E-state index is -3.77. The second kappa shape index (κ2) is 7.09. The van der Waals surface area contributed by atoms with E-state index in [-0.39, 0.29) is 22.0 Å². The maximum absolute atomic E-state index is 12.7. The van der Waals surface area contributed by atoms with Gasteiger partial charge in [-0.3, -0.25) is 24.2 Å². The highest BCUT2D eigenvalue weighted by Gasteiger charge is 2.36. The summed E-state index contributed by atoms with van der Waals surface area (Å²) in [6, 6.07) is 11.7. The van der Waals surface area contributed by atoms with Crippen LogP contribution in [0.4, 0.5) is 5.69 Å². The molecule has 2 amide bonds. The van der Waals surface area contributed by atoms with Gasteiger partial charge in [0.15, 0.2) is 0 Å². The number of carbonyl (C=O) groups excluding carboxylic acids is 2. The van der Waals surface area contributed by atoms with Gasteiger partial charge in [-0.05, 0) is 61.4 Å². The third-order valence-corrected chi connectivity index (χ3v) is 7.36. The molecule has 4 rings (SSSR count). The van der Waals surface area contributed by atoms with Crippen molar-refractivity contribution in [3.63, 3.8) is 0 Å². The first kappa shape index (κ1) is 19.3.